The summed E-state index contributed by atoms with van der Waals surface area (Å²) in [5.41, 5.74) is 0.300. The van der Waals surface area contributed by atoms with Gasteiger partial charge in [0.1, 0.15) is 7.85 Å². The summed E-state index contributed by atoms with van der Waals surface area (Å²) in [7, 11) is 2.12. The van der Waals surface area contributed by atoms with E-state index in [9.17, 15) is 0 Å². The number of rotatable bonds is 1. The Kier molecular flexibility index (Phi) is 2.37. The SMILES string of the molecule is BCNC(C)(C)C. The molecule has 0 fully saturated rings. The van der Waals surface area contributed by atoms with E-state index in [1.807, 2.05) is 0 Å². The van der Waals surface area contributed by atoms with Gasteiger partial charge in [0.05, 0.1) is 0 Å². The van der Waals surface area contributed by atoms with Crippen LogP contribution in [0.25, 0.3) is 0 Å². The molecule has 0 saturated heterocycles. The fourth-order valence-electron chi connectivity index (χ4n) is 0.530. The lowest BCUT2D eigenvalue weighted by Crippen LogP contribution is -2.36. The van der Waals surface area contributed by atoms with E-state index >= 15 is 0 Å². The van der Waals surface area contributed by atoms with Crippen molar-refractivity contribution in [3.05, 3.63) is 0 Å². The van der Waals surface area contributed by atoms with E-state index in [0.717, 1.165) is 6.44 Å². The lowest BCUT2D eigenvalue weighted by atomic mass is 10.1. The largest absolute Gasteiger partial charge is 0.320 e. The van der Waals surface area contributed by atoms with E-state index in [2.05, 4.69) is 33.9 Å². The van der Waals surface area contributed by atoms with Gasteiger partial charge in [-0.2, -0.15) is 0 Å². The van der Waals surface area contributed by atoms with Gasteiger partial charge in [-0.15, -0.1) is 0 Å². The summed E-state index contributed by atoms with van der Waals surface area (Å²) in [6, 6.07) is 0. The van der Waals surface area contributed by atoms with Crippen LogP contribution in [0.4, 0.5) is 0 Å². The third-order valence-electron chi connectivity index (χ3n) is 0.707. The van der Waals surface area contributed by atoms with Crippen LogP contribution in [0.15, 0.2) is 0 Å². The quantitative estimate of drug-likeness (QED) is 0.455. The minimum Gasteiger partial charge on any atom is -0.320 e. The number of hydrogen-bond acceptors (Lipinski definition) is 1. The van der Waals surface area contributed by atoms with Crippen LogP contribution >= 0.6 is 0 Å². The van der Waals surface area contributed by atoms with Crippen LogP contribution in [0.3, 0.4) is 0 Å². The third kappa shape index (κ3) is 6.02. The summed E-state index contributed by atoms with van der Waals surface area (Å²) < 4.78 is 0. The third-order valence-corrected chi connectivity index (χ3v) is 0.707. The van der Waals surface area contributed by atoms with E-state index in [4.69, 9.17) is 0 Å². The molecule has 0 spiro atoms. The molecule has 1 N–H and O–H groups in total. The molecular formula is C5H14BN. The first-order valence-electron chi connectivity index (χ1n) is 2.81. The first-order valence-corrected chi connectivity index (χ1v) is 2.81. The lowest BCUT2D eigenvalue weighted by Gasteiger charge is -2.18. The Morgan fingerprint density at radius 3 is 1.86 bits per heavy atom. The highest BCUT2D eigenvalue weighted by molar-refractivity contribution is 6.08. The molecule has 0 unspecified atom stereocenters. The Hall–Kier alpha value is 0.0249. The van der Waals surface area contributed by atoms with Crippen LogP contribution in [0.5, 0.6) is 0 Å². The van der Waals surface area contributed by atoms with Gasteiger partial charge in [0.25, 0.3) is 0 Å². The van der Waals surface area contributed by atoms with Crippen LogP contribution in [0, 0.1) is 0 Å². The Morgan fingerprint density at radius 2 is 1.86 bits per heavy atom. The van der Waals surface area contributed by atoms with Crippen LogP contribution in [-0.2, 0) is 0 Å². The first kappa shape index (κ1) is 7.02. The minimum atomic E-state index is 0.300. The van der Waals surface area contributed by atoms with Crippen molar-refractivity contribution in [2.75, 3.05) is 6.44 Å². The topological polar surface area (TPSA) is 12.0 Å². The van der Waals surface area contributed by atoms with E-state index < -0.39 is 0 Å². The molecule has 0 aliphatic carbocycles. The van der Waals surface area contributed by atoms with Gasteiger partial charge in [-0.05, 0) is 27.2 Å². The van der Waals surface area contributed by atoms with Crippen molar-refractivity contribution in [3.63, 3.8) is 0 Å². The Bertz CT molecular complexity index is 46.5. The van der Waals surface area contributed by atoms with Gasteiger partial charge >= 0.3 is 0 Å². The molecule has 0 amide bonds. The van der Waals surface area contributed by atoms with Gasteiger partial charge in [0.15, 0.2) is 0 Å². The lowest BCUT2D eigenvalue weighted by molar-refractivity contribution is 0.459. The molecule has 2 heteroatoms. The molecule has 0 saturated carbocycles. The molecule has 0 aliphatic rings. The molecule has 42 valence electrons. The van der Waals surface area contributed by atoms with Crippen LogP contribution in [0.2, 0.25) is 0 Å². The standard InChI is InChI=1S/C5H14BN/c1-5(2,3)7-4-6/h7H,4,6H2,1-3H3. The van der Waals surface area contributed by atoms with Crippen LogP contribution in [-0.4, -0.2) is 19.8 Å². The molecule has 0 heterocycles. The average molecular weight is 99.0 g/mol. The summed E-state index contributed by atoms with van der Waals surface area (Å²) in [4.78, 5) is 0. The molecule has 0 bridgehead atoms. The fraction of sp³-hybridized carbons (Fsp3) is 1.00. The van der Waals surface area contributed by atoms with Gasteiger partial charge in [-0.1, -0.05) is 0 Å². The molecule has 0 aromatic heterocycles. The maximum Gasteiger partial charge on any atom is 0.119 e. The average Bonchev–Trinajstić information content (AvgIpc) is 1.30. The van der Waals surface area contributed by atoms with E-state index in [-0.39, 0.29) is 0 Å². The van der Waals surface area contributed by atoms with E-state index in [1.165, 1.54) is 0 Å². The van der Waals surface area contributed by atoms with Crippen molar-refractivity contribution >= 4 is 7.85 Å². The van der Waals surface area contributed by atoms with Crippen molar-refractivity contribution in [2.45, 2.75) is 26.3 Å². The normalized spacial score (nSPS) is 11.9. The van der Waals surface area contributed by atoms with E-state index in [1.54, 1.807) is 0 Å². The van der Waals surface area contributed by atoms with Gasteiger partial charge < -0.3 is 5.32 Å². The molecule has 0 aromatic rings. The maximum atomic E-state index is 3.28. The maximum absolute atomic E-state index is 3.28. The highest BCUT2D eigenvalue weighted by Gasteiger charge is 2.04. The zero-order valence-electron chi connectivity index (χ0n) is 5.71. The monoisotopic (exact) mass is 99.1 g/mol. The van der Waals surface area contributed by atoms with Crippen molar-refractivity contribution in [3.8, 4) is 0 Å². The highest BCUT2D eigenvalue weighted by Crippen LogP contribution is 1.95. The van der Waals surface area contributed by atoms with Crippen molar-refractivity contribution in [2.24, 2.45) is 0 Å². The summed E-state index contributed by atoms with van der Waals surface area (Å²) in [6.45, 7) is 6.49. The Morgan fingerprint density at radius 1 is 1.43 bits per heavy atom. The van der Waals surface area contributed by atoms with Crippen molar-refractivity contribution in [1.29, 1.82) is 0 Å². The van der Waals surface area contributed by atoms with E-state index in [0.29, 0.717) is 5.54 Å². The fourth-order valence-corrected chi connectivity index (χ4v) is 0.530. The molecule has 1 nitrogen and oxygen atoms in total. The summed E-state index contributed by atoms with van der Waals surface area (Å²) in [6.07, 6.45) is 1.06. The van der Waals surface area contributed by atoms with Gasteiger partial charge in [0.2, 0.25) is 0 Å². The molecule has 0 atom stereocenters. The zero-order chi connectivity index (χ0) is 5.91. The van der Waals surface area contributed by atoms with Crippen molar-refractivity contribution < 1.29 is 0 Å². The predicted octanol–water partition coefficient (Wildman–Crippen LogP) is -0.0349. The second-order valence-corrected chi connectivity index (χ2v) is 2.78. The van der Waals surface area contributed by atoms with Crippen LogP contribution < -0.4 is 5.32 Å². The summed E-state index contributed by atoms with van der Waals surface area (Å²) in [5, 5.41) is 3.28. The van der Waals surface area contributed by atoms with Crippen LogP contribution in [0.1, 0.15) is 20.8 Å². The van der Waals surface area contributed by atoms with Gasteiger partial charge in [-0.25, -0.2) is 0 Å². The zero-order valence-corrected chi connectivity index (χ0v) is 5.71. The number of hydrogen-bond donors (Lipinski definition) is 1. The Labute approximate surface area is 46.9 Å². The second-order valence-electron chi connectivity index (χ2n) is 2.78. The van der Waals surface area contributed by atoms with Gasteiger partial charge in [-0.3, -0.25) is 0 Å². The van der Waals surface area contributed by atoms with Crippen molar-refractivity contribution in [1.82, 2.24) is 5.32 Å². The molecular weight excluding hydrogens is 84.9 g/mol. The molecule has 7 heavy (non-hydrogen) atoms. The number of nitrogens with one attached hydrogen (secondary N) is 1. The molecule has 0 aliphatic heterocycles. The predicted molar refractivity (Wildman–Crippen MR) is 36.3 cm³/mol. The molecule has 0 rings (SSSR count). The smallest absolute Gasteiger partial charge is 0.119 e. The summed E-state index contributed by atoms with van der Waals surface area (Å²) >= 11 is 0. The van der Waals surface area contributed by atoms with Gasteiger partial charge in [0, 0.05) is 5.54 Å². The minimum absolute atomic E-state index is 0.300. The molecule has 0 aromatic carbocycles. The molecule has 0 radical (unpaired) electrons. The second kappa shape index (κ2) is 2.36. The first-order chi connectivity index (χ1) is 3.06. The summed E-state index contributed by atoms with van der Waals surface area (Å²) in [5.74, 6) is 0. The Balaban J connectivity index is 3.15. The highest BCUT2D eigenvalue weighted by atomic mass is 14.9.